The molecule has 1 saturated heterocycles. The van der Waals surface area contributed by atoms with E-state index < -0.39 is 0 Å². The third-order valence-electron chi connectivity index (χ3n) is 3.47. The van der Waals surface area contributed by atoms with Crippen molar-refractivity contribution in [3.63, 3.8) is 0 Å². The molecule has 5 nitrogen and oxygen atoms in total. The van der Waals surface area contributed by atoms with Crippen LogP contribution in [0.25, 0.3) is 0 Å². The molecule has 0 spiro atoms. The Morgan fingerprint density at radius 2 is 2.28 bits per heavy atom. The largest absolute Gasteiger partial charge is 0.383 e. The van der Waals surface area contributed by atoms with Crippen LogP contribution in [0.15, 0.2) is 18.3 Å². The summed E-state index contributed by atoms with van der Waals surface area (Å²) in [4.78, 5) is 18.2. The molecule has 98 valence electrons. The predicted molar refractivity (Wildman–Crippen MR) is 71.2 cm³/mol. The quantitative estimate of drug-likeness (QED) is 0.827. The summed E-state index contributed by atoms with van der Waals surface area (Å²) in [5.74, 6) is 0.737. The van der Waals surface area contributed by atoms with Crippen LogP contribution in [0.2, 0.25) is 0 Å². The number of rotatable bonds is 3. The summed E-state index contributed by atoms with van der Waals surface area (Å²) >= 11 is 0. The third kappa shape index (κ3) is 3.20. The standard InChI is InChI=1S/C13H20N4O/c1-17-7-4-10(5-8-17)9-16-13(18)11-3-2-6-15-12(11)14/h2-3,6,10H,4-5,7-9H2,1H3,(H2,14,15)(H,16,18). The molecule has 1 aromatic rings. The molecular formula is C13H20N4O. The molecular weight excluding hydrogens is 228 g/mol. The van der Waals surface area contributed by atoms with Crippen molar-refractivity contribution in [2.75, 3.05) is 32.4 Å². The van der Waals surface area contributed by atoms with Gasteiger partial charge in [-0.25, -0.2) is 4.98 Å². The lowest BCUT2D eigenvalue weighted by Gasteiger charge is -2.28. The zero-order valence-corrected chi connectivity index (χ0v) is 10.7. The van der Waals surface area contributed by atoms with Gasteiger partial charge in [-0.05, 0) is 51.0 Å². The van der Waals surface area contributed by atoms with E-state index in [1.165, 1.54) is 0 Å². The van der Waals surface area contributed by atoms with Crippen LogP contribution in [0.1, 0.15) is 23.2 Å². The number of nitrogen functional groups attached to an aromatic ring is 1. The number of nitrogens with one attached hydrogen (secondary N) is 1. The minimum absolute atomic E-state index is 0.125. The fourth-order valence-corrected chi connectivity index (χ4v) is 2.21. The molecule has 3 N–H and O–H groups in total. The number of piperidine rings is 1. The van der Waals surface area contributed by atoms with Crippen molar-refractivity contribution in [2.45, 2.75) is 12.8 Å². The SMILES string of the molecule is CN1CCC(CNC(=O)c2cccnc2N)CC1. The molecule has 1 aliphatic heterocycles. The lowest BCUT2D eigenvalue weighted by Crippen LogP contribution is -2.37. The number of nitrogens with two attached hydrogens (primary N) is 1. The number of anilines is 1. The van der Waals surface area contributed by atoms with Crippen LogP contribution in [-0.2, 0) is 0 Å². The van der Waals surface area contributed by atoms with Crippen LogP contribution in [0.3, 0.4) is 0 Å². The van der Waals surface area contributed by atoms with Gasteiger partial charge in [-0.15, -0.1) is 0 Å². The smallest absolute Gasteiger partial charge is 0.255 e. The van der Waals surface area contributed by atoms with Gasteiger partial charge in [0, 0.05) is 12.7 Å². The number of carbonyl (C=O) groups is 1. The fourth-order valence-electron chi connectivity index (χ4n) is 2.21. The van der Waals surface area contributed by atoms with Gasteiger partial charge < -0.3 is 16.0 Å². The second-order valence-corrected chi connectivity index (χ2v) is 4.89. The molecule has 0 aliphatic carbocycles. The number of likely N-dealkylation sites (tertiary alicyclic amines) is 1. The molecule has 2 rings (SSSR count). The van der Waals surface area contributed by atoms with Crippen molar-refractivity contribution in [3.05, 3.63) is 23.9 Å². The van der Waals surface area contributed by atoms with Gasteiger partial charge in [0.15, 0.2) is 0 Å². The third-order valence-corrected chi connectivity index (χ3v) is 3.47. The van der Waals surface area contributed by atoms with Crippen molar-refractivity contribution < 1.29 is 4.79 Å². The molecule has 0 atom stereocenters. The molecule has 0 saturated carbocycles. The molecule has 2 heterocycles. The second kappa shape index (κ2) is 5.82. The van der Waals surface area contributed by atoms with E-state index in [-0.39, 0.29) is 5.91 Å². The lowest BCUT2D eigenvalue weighted by atomic mass is 9.97. The molecule has 1 amide bonds. The van der Waals surface area contributed by atoms with E-state index >= 15 is 0 Å². The van der Waals surface area contributed by atoms with E-state index in [2.05, 4.69) is 22.2 Å². The van der Waals surface area contributed by atoms with Crippen molar-refractivity contribution in [3.8, 4) is 0 Å². The Hall–Kier alpha value is -1.62. The first-order chi connectivity index (χ1) is 8.66. The van der Waals surface area contributed by atoms with Crippen LogP contribution in [-0.4, -0.2) is 42.5 Å². The summed E-state index contributed by atoms with van der Waals surface area (Å²) in [6.45, 7) is 2.94. The van der Waals surface area contributed by atoms with Gasteiger partial charge in [-0.2, -0.15) is 0 Å². The van der Waals surface area contributed by atoms with Gasteiger partial charge in [0.05, 0.1) is 5.56 Å². The maximum absolute atomic E-state index is 11.9. The highest BCUT2D eigenvalue weighted by Crippen LogP contribution is 2.15. The van der Waals surface area contributed by atoms with Gasteiger partial charge in [0.2, 0.25) is 0 Å². The summed E-state index contributed by atoms with van der Waals surface area (Å²) in [5, 5.41) is 2.95. The average molecular weight is 248 g/mol. The summed E-state index contributed by atoms with van der Waals surface area (Å²) in [6, 6.07) is 3.42. The Labute approximate surface area is 107 Å². The topological polar surface area (TPSA) is 71.2 Å². The van der Waals surface area contributed by atoms with E-state index in [9.17, 15) is 4.79 Å². The highest BCUT2D eigenvalue weighted by Gasteiger charge is 2.18. The summed E-state index contributed by atoms with van der Waals surface area (Å²) in [7, 11) is 2.13. The number of hydrogen-bond acceptors (Lipinski definition) is 4. The van der Waals surface area contributed by atoms with Crippen molar-refractivity contribution in [1.29, 1.82) is 0 Å². The normalized spacial score (nSPS) is 17.6. The molecule has 0 unspecified atom stereocenters. The number of pyridine rings is 1. The number of aromatic nitrogens is 1. The van der Waals surface area contributed by atoms with E-state index in [0.29, 0.717) is 17.3 Å². The second-order valence-electron chi connectivity index (χ2n) is 4.89. The Morgan fingerprint density at radius 1 is 1.56 bits per heavy atom. The molecule has 0 aromatic carbocycles. The van der Waals surface area contributed by atoms with Gasteiger partial charge in [-0.1, -0.05) is 0 Å². The molecule has 1 aliphatic rings. The van der Waals surface area contributed by atoms with Gasteiger partial charge in [-0.3, -0.25) is 4.79 Å². The van der Waals surface area contributed by atoms with E-state index in [4.69, 9.17) is 5.73 Å². The monoisotopic (exact) mass is 248 g/mol. The summed E-state index contributed by atoms with van der Waals surface area (Å²) < 4.78 is 0. The summed E-state index contributed by atoms with van der Waals surface area (Å²) in [6.07, 6.45) is 3.86. The fraction of sp³-hybridized carbons (Fsp3) is 0.538. The Balaban J connectivity index is 1.84. The minimum atomic E-state index is -0.125. The van der Waals surface area contributed by atoms with Crippen molar-refractivity contribution in [2.24, 2.45) is 5.92 Å². The first-order valence-electron chi connectivity index (χ1n) is 6.34. The predicted octanol–water partition coefficient (Wildman–Crippen LogP) is 0.735. The zero-order valence-electron chi connectivity index (χ0n) is 10.7. The average Bonchev–Trinajstić information content (AvgIpc) is 2.38. The highest BCUT2D eigenvalue weighted by atomic mass is 16.1. The van der Waals surface area contributed by atoms with Gasteiger partial charge >= 0.3 is 0 Å². The number of carbonyl (C=O) groups excluding carboxylic acids is 1. The Bertz CT molecular complexity index is 413. The van der Waals surface area contributed by atoms with E-state index in [0.717, 1.165) is 32.5 Å². The number of nitrogens with zero attached hydrogens (tertiary/aromatic N) is 2. The zero-order chi connectivity index (χ0) is 13.0. The van der Waals surface area contributed by atoms with Crippen LogP contribution in [0.5, 0.6) is 0 Å². The van der Waals surface area contributed by atoms with Crippen molar-refractivity contribution >= 4 is 11.7 Å². The van der Waals surface area contributed by atoms with Gasteiger partial charge in [0.25, 0.3) is 5.91 Å². The number of hydrogen-bond donors (Lipinski definition) is 2. The molecule has 0 radical (unpaired) electrons. The minimum Gasteiger partial charge on any atom is -0.383 e. The summed E-state index contributed by atoms with van der Waals surface area (Å²) in [5.41, 5.74) is 6.13. The Kier molecular flexibility index (Phi) is 4.15. The Morgan fingerprint density at radius 3 is 2.94 bits per heavy atom. The van der Waals surface area contributed by atoms with E-state index in [1.807, 2.05) is 0 Å². The first-order valence-corrected chi connectivity index (χ1v) is 6.34. The molecule has 5 heteroatoms. The van der Waals surface area contributed by atoms with Crippen LogP contribution >= 0.6 is 0 Å². The van der Waals surface area contributed by atoms with Crippen molar-refractivity contribution in [1.82, 2.24) is 15.2 Å². The molecule has 1 aromatic heterocycles. The number of amides is 1. The van der Waals surface area contributed by atoms with Gasteiger partial charge in [0.1, 0.15) is 5.82 Å². The first kappa shape index (κ1) is 12.8. The molecule has 1 fully saturated rings. The van der Waals surface area contributed by atoms with Crippen LogP contribution in [0.4, 0.5) is 5.82 Å². The molecule has 18 heavy (non-hydrogen) atoms. The van der Waals surface area contributed by atoms with Crippen LogP contribution in [0, 0.1) is 5.92 Å². The lowest BCUT2D eigenvalue weighted by molar-refractivity contribution is 0.0939. The highest BCUT2D eigenvalue weighted by molar-refractivity contribution is 5.98. The van der Waals surface area contributed by atoms with Crippen LogP contribution < -0.4 is 11.1 Å². The maximum atomic E-state index is 11.9. The molecule has 0 bridgehead atoms. The maximum Gasteiger partial charge on any atom is 0.255 e. The van der Waals surface area contributed by atoms with E-state index in [1.54, 1.807) is 18.3 Å².